The topological polar surface area (TPSA) is 84.3 Å². The summed E-state index contributed by atoms with van der Waals surface area (Å²) in [5, 5.41) is 17.1. The first-order valence-corrected chi connectivity index (χ1v) is 7.21. The summed E-state index contributed by atoms with van der Waals surface area (Å²) in [6, 6.07) is 3.91. The molecular weight excluding hydrogens is 329 g/mol. The van der Waals surface area contributed by atoms with Crippen LogP contribution in [-0.2, 0) is 0 Å². The third-order valence-electron chi connectivity index (χ3n) is 3.84. The highest BCUT2D eigenvalue weighted by atomic mass is 35.5. The second-order valence-electron chi connectivity index (χ2n) is 5.70. The van der Waals surface area contributed by atoms with E-state index in [-0.39, 0.29) is 40.0 Å². The van der Waals surface area contributed by atoms with Crippen molar-refractivity contribution in [1.82, 2.24) is 10.6 Å². The molecular formula is C14H19Cl2N3O3. The summed E-state index contributed by atoms with van der Waals surface area (Å²) < 4.78 is 0. The van der Waals surface area contributed by atoms with E-state index in [1.54, 1.807) is 0 Å². The van der Waals surface area contributed by atoms with Crippen LogP contribution in [0.1, 0.15) is 30.1 Å². The molecule has 2 rings (SSSR count). The van der Waals surface area contributed by atoms with Gasteiger partial charge < -0.3 is 10.6 Å². The Balaban J connectivity index is 0.00000242. The van der Waals surface area contributed by atoms with Crippen molar-refractivity contribution in [2.75, 3.05) is 19.6 Å². The van der Waals surface area contributed by atoms with Crippen molar-refractivity contribution in [3.8, 4) is 0 Å². The predicted octanol–water partition coefficient (Wildman–Crippen LogP) is 2.79. The van der Waals surface area contributed by atoms with E-state index in [1.807, 2.05) is 0 Å². The maximum absolute atomic E-state index is 12.1. The molecule has 122 valence electrons. The number of nitrogens with zero attached hydrogens (tertiary/aromatic N) is 1. The van der Waals surface area contributed by atoms with Crippen LogP contribution in [0.2, 0.25) is 5.02 Å². The van der Waals surface area contributed by atoms with E-state index in [4.69, 9.17) is 11.6 Å². The first kappa shape index (κ1) is 18.7. The molecule has 1 aliphatic rings. The Morgan fingerprint density at radius 2 is 2.05 bits per heavy atom. The molecule has 1 aromatic carbocycles. The van der Waals surface area contributed by atoms with Gasteiger partial charge in [0.1, 0.15) is 0 Å². The van der Waals surface area contributed by atoms with Crippen molar-refractivity contribution in [2.24, 2.45) is 5.41 Å². The Bertz CT molecular complexity index is 560. The molecule has 0 aliphatic carbocycles. The van der Waals surface area contributed by atoms with Gasteiger partial charge >= 0.3 is 0 Å². The number of carbonyl (C=O) groups is 1. The monoisotopic (exact) mass is 347 g/mol. The van der Waals surface area contributed by atoms with Crippen molar-refractivity contribution in [3.63, 3.8) is 0 Å². The third kappa shape index (κ3) is 4.83. The summed E-state index contributed by atoms with van der Waals surface area (Å²) in [4.78, 5) is 22.4. The minimum atomic E-state index is -0.559. The first-order chi connectivity index (χ1) is 9.89. The maximum Gasteiger partial charge on any atom is 0.271 e. The van der Waals surface area contributed by atoms with Gasteiger partial charge in [0.25, 0.3) is 11.6 Å². The molecule has 0 bridgehead atoms. The highest BCUT2D eigenvalue weighted by Crippen LogP contribution is 2.27. The SMILES string of the molecule is CC1(CNC(=O)c2cc(Cl)cc([N+](=O)[O-])c2)CCNCC1.Cl. The van der Waals surface area contributed by atoms with Crippen molar-refractivity contribution < 1.29 is 9.72 Å². The highest BCUT2D eigenvalue weighted by molar-refractivity contribution is 6.31. The average molecular weight is 348 g/mol. The lowest BCUT2D eigenvalue weighted by atomic mass is 9.81. The van der Waals surface area contributed by atoms with Crippen LogP contribution in [0.5, 0.6) is 0 Å². The maximum atomic E-state index is 12.1. The van der Waals surface area contributed by atoms with Gasteiger partial charge in [-0.25, -0.2) is 0 Å². The van der Waals surface area contributed by atoms with E-state index in [9.17, 15) is 14.9 Å². The Morgan fingerprint density at radius 1 is 1.41 bits per heavy atom. The van der Waals surface area contributed by atoms with Crippen LogP contribution in [0.3, 0.4) is 0 Å². The van der Waals surface area contributed by atoms with Crippen molar-refractivity contribution >= 4 is 35.6 Å². The Hall–Kier alpha value is -1.37. The largest absolute Gasteiger partial charge is 0.351 e. The molecule has 2 N–H and O–H groups in total. The van der Waals surface area contributed by atoms with Gasteiger partial charge in [-0.2, -0.15) is 0 Å². The molecule has 0 unspecified atom stereocenters. The zero-order chi connectivity index (χ0) is 15.5. The second kappa shape index (κ2) is 7.76. The minimum absolute atomic E-state index is 0. The Labute approximate surface area is 140 Å². The number of piperidine rings is 1. The molecule has 1 aromatic rings. The van der Waals surface area contributed by atoms with Crippen LogP contribution in [0, 0.1) is 15.5 Å². The van der Waals surface area contributed by atoms with Crippen molar-refractivity contribution in [3.05, 3.63) is 38.9 Å². The number of halogens is 2. The lowest BCUT2D eigenvalue weighted by Gasteiger charge is -2.34. The molecule has 0 atom stereocenters. The van der Waals surface area contributed by atoms with E-state index in [2.05, 4.69) is 17.6 Å². The van der Waals surface area contributed by atoms with Crippen molar-refractivity contribution in [1.29, 1.82) is 0 Å². The van der Waals surface area contributed by atoms with Crippen molar-refractivity contribution in [2.45, 2.75) is 19.8 Å². The zero-order valence-corrected chi connectivity index (χ0v) is 13.8. The van der Waals surface area contributed by atoms with Gasteiger partial charge in [-0.3, -0.25) is 14.9 Å². The molecule has 0 aromatic heterocycles. The second-order valence-corrected chi connectivity index (χ2v) is 6.13. The van der Waals surface area contributed by atoms with E-state index in [0.29, 0.717) is 6.54 Å². The molecule has 8 heteroatoms. The quantitative estimate of drug-likeness (QED) is 0.647. The number of nitro benzene ring substituents is 1. The summed E-state index contributed by atoms with van der Waals surface area (Å²) in [5.74, 6) is -0.333. The number of rotatable bonds is 4. The fourth-order valence-electron chi connectivity index (χ4n) is 2.41. The molecule has 1 amide bonds. The summed E-state index contributed by atoms with van der Waals surface area (Å²) in [7, 11) is 0. The van der Waals surface area contributed by atoms with Gasteiger partial charge in [-0.05, 0) is 37.4 Å². The summed E-state index contributed by atoms with van der Waals surface area (Å²) >= 11 is 5.82. The number of non-ortho nitro benzene ring substituents is 1. The van der Waals surface area contributed by atoms with Crippen LogP contribution < -0.4 is 10.6 Å². The number of amides is 1. The first-order valence-electron chi connectivity index (χ1n) is 6.84. The minimum Gasteiger partial charge on any atom is -0.351 e. The smallest absolute Gasteiger partial charge is 0.271 e. The van der Waals surface area contributed by atoms with E-state index in [1.165, 1.54) is 18.2 Å². The van der Waals surface area contributed by atoms with Gasteiger partial charge in [-0.15, -0.1) is 12.4 Å². The molecule has 6 nitrogen and oxygen atoms in total. The van der Waals surface area contributed by atoms with E-state index >= 15 is 0 Å². The standard InChI is InChI=1S/C14H18ClN3O3.ClH/c1-14(2-4-16-5-3-14)9-17-13(19)10-6-11(15)8-12(7-10)18(20)21;/h6-8,16H,2-5,9H2,1H3,(H,17,19);1H. The number of hydrogen-bond donors (Lipinski definition) is 2. The number of hydrogen-bond acceptors (Lipinski definition) is 4. The average Bonchev–Trinajstić information content (AvgIpc) is 2.45. The fraction of sp³-hybridized carbons (Fsp3) is 0.500. The molecule has 1 heterocycles. The van der Waals surface area contributed by atoms with Gasteiger partial charge in [0.15, 0.2) is 0 Å². The molecule has 22 heavy (non-hydrogen) atoms. The van der Waals surface area contributed by atoms with E-state index in [0.717, 1.165) is 25.9 Å². The molecule has 1 aliphatic heterocycles. The predicted molar refractivity (Wildman–Crippen MR) is 87.9 cm³/mol. The molecule has 1 fully saturated rings. The number of nitrogens with one attached hydrogen (secondary N) is 2. The van der Waals surface area contributed by atoms with Crippen LogP contribution in [0.4, 0.5) is 5.69 Å². The van der Waals surface area contributed by atoms with Crippen LogP contribution in [0.15, 0.2) is 18.2 Å². The molecule has 0 spiro atoms. The van der Waals surface area contributed by atoms with E-state index < -0.39 is 4.92 Å². The highest BCUT2D eigenvalue weighted by Gasteiger charge is 2.27. The van der Waals surface area contributed by atoms with Gasteiger partial charge in [0.2, 0.25) is 0 Å². The molecule has 0 radical (unpaired) electrons. The molecule has 0 saturated carbocycles. The lowest BCUT2D eigenvalue weighted by Crippen LogP contribution is -2.42. The van der Waals surface area contributed by atoms with Gasteiger partial charge in [0.05, 0.1) is 4.92 Å². The van der Waals surface area contributed by atoms with Crippen LogP contribution in [-0.4, -0.2) is 30.5 Å². The number of carbonyl (C=O) groups excluding carboxylic acids is 1. The summed E-state index contributed by atoms with van der Waals surface area (Å²) in [6.45, 7) is 4.56. The molecule has 1 saturated heterocycles. The Morgan fingerprint density at radius 3 is 2.64 bits per heavy atom. The Kier molecular flexibility index (Phi) is 6.59. The third-order valence-corrected chi connectivity index (χ3v) is 4.06. The summed E-state index contributed by atoms with van der Waals surface area (Å²) in [6.07, 6.45) is 1.98. The fourth-order valence-corrected chi connectivity index (χ4v) is 2.64. The van der Waals surface area contributed by atoms with Gasteiger partial charge in [-0.1, -0.05) is 18.5 Å². The lowest BCUT2D eigenvalue weighted by molar-refractivity contribution is -0.384. The summed E-state index contributed by atoms with van der Waals surface area (Å²) in [5.41, 5.74) is 0.0956. The van der Waals surface area contributed by atoms with Gasteiger partial charge in [0, 0.05) is 29.3 Å². The van der Waals surface area contributed by atoms with Crippen LogP contribution >= 0.6 is 24.0 Å². The number of benzene rings is 1. The van der Waals surface area contributed by atoms with Crippen LogP contribution in [0.25, 0.3) is 0 Å². The number of nitro groups is 1. The zero-order valence-electron chi connectivity index (χ0n) is 12.2. The normalized spacial score (nSPS) is 16.5.